The average Bonchev–Trinajstić information content (AvgIpc) is 2.97. The first-order valence-electron chi connectivity index (χ1n) is 9.14. The van der Waals surface area contributed by atoms with Crippen LogP contribution < -0.4 is 0 Å². The van der Waals surface area contributed by atoms with Crippen molar-refractivity contribution in [2.45, 2.75) is 63.7 Å². The second kappa shape index (κ2) is 8.08. The Kier molecular flexibility index (Phi) is 5.85. The second-order valence-electron chi connectivity index (χ2n) is 6.97. The van der Waals surface area contributed by atoms with E-state index < -0.39 is 0 Å². The standard InChI is InChI=1S/C19H28N2O3/c1-2-23-18(22)5-4-17-6-10-19(24-17)9-3-13-21(15-19)14-16-7-11-20-12-8-16/h7-8,11-12,17H,2-6,9-10,13-15H2,1H3/t17-,19+/m1/s1. The van der Waals surface area contributed by atoms with Crippen molar-refractivity contribution < 1.29 is 14.3 Å². The summed E-state index contributed by atoms with van der Waals surface area (Å²) in [6, 6.07) is 4.16. The highest BCUT2D eigenvalue weighted by molar-refractivity contribution is 5.69. The lowest BCUT2D eigenvalue weighted by molar-refractivity contribution is -0.144. The van der Waals surface area contributed by atoms with E-state index in [0.29, 0.717) is 13.0 Å². The average molecular weight is 332 g/mol. The molecule has 3 rings (SSSR count). The van der Waals surface area contributed by atoms with Crippen molar-refractivity contribution in [3.8, 4) is 0 Å². The molecule has 1 aromatic heterocycles. The van der Waals surface area contributed by atoms with E-state index in [1.807, 2.05) is 19.3 Å². The fraction of sp³-hybridized carbons (Fsp3) is 0.684. The topological polar surface area (TPSA) is 51.7 Å². The van der Waals surface area contributed by atoms with Crippen LogP contribution in [0.25, 0.3) is 0 Å². The van der Waals surface area contributed by atoms with Crippen LogP contribution >= 0.6 is 0 Å². The van der Waals surface area contributed by atoms with Crippen LogP contribution in [0.5, 0.6) is 0 Å². The third-order valence-electron chi connectivity index (χ3n) is 5.09. The van der Waals surface area contributed by atoms with Crippen LogP contribution in [0, 0.1) is 0 Å². The summed E-state index contributed by atoms with van der Waals surface area (Å²) in [5.41, 5.74) is 1.30. The van der Waals surface area contributed by atoms with Crippen molar-refractivity contribution in [2.75, 3.05) is 19.7 Å². The molecule has 132 valence electrons. The van der Waals surface area contributed by atoms with Gasteiger partial charge in [-0.25, -0.2) is 0 Å². The Morgan fingerprint density at radius 3 is 3.04 bits per heavy atom. The summed E-state index contributed by atoms with van der Waals surface area (Å²) in [4.78, 5) is 18.1. The number of carbonyl (C=O) groups is 1. The molecule has 2 saturated heterocycles. The van der Waals surface area contributed by atoms with Crippen LogP contribution in [-0.4, -0.2) is 47.3 Å². The molecule has 2 aliphatic rings. The number of aromatic nitrogens is 1. The molecule has 0 aliphatic carbocycles. The highest BCUT2D eigenvalue weighted by Crippen LogP contribution is 2.39. The van der Waals surface area contributed by atoms with Gasteiger partial charge in [-0.2, -0.15) is 0 Å². The van der Waals surface area contributed by atoms with Gasteiger partial charge in [0.25, 0.3) is 0 Å². The quantitative estimate of drug-likeness (QED) is 0.750. The maximum atomic E-state index is 11.5. The molecule has 24 heavy (non-hydrogen) atoms. The Bertz CT molecular complexity index is 537. The predicted molar refractivity (Wildman–Crippen MR) is 91.5 cm³/mol. The molecule has 5 nitrogen and oxygen atoms in total. The molecule has 0 N–H and O–H groups in total. The predicted octanol–water partition coefficient (Wildman–Crippen LogP) is 2.94. The maximum Gasteiger partial charge on any atom is 0.305 e. The summed E-state index contributed by atoms with van der Waals surface area (Å²) < 4.78 is 11.4. The maximum absolute atomic E-state index is 11.5. The Labute approximate surface area is 144 Å². The number of likely N-dealkylation sites (tertiary alicyclic amines) is 1. The summed E-state index contributed by atoms with van der Waals surface area (Å²) >= 11 is 0. The first-order valence-corrected chi connectivity index (χ1v) is 9.14. The first kappa shape index (κ1) is 17.4. The molecule has 3 heterocycles. The third kappa shape index (κ3) is 4.54. The van der Waals surface area contributed by atoms with E-state index in [0.717, 1.165) is 45.3 Å². The van der Waals surface area contributed by atoms with Crippen LogP contribution in [-0.2, 0) is 20.8 Å². The van der Waals surface area contributed by atoms with Crippen molar-refractivity contribution >= 4 is 5.97 Å². The Morgan fingerprint density at radius 1 is 1.42 bits per heavy atom. The van der Waals surface area contributed by atoms with Crippen LogP contribution in [0.3, 0.4) is 0 Å². The SMILES string of the molecule is CCOC(=O)CC[C@@H]1CC[C@]2(CCCN(Cc3ccncc3)C2)O1. The minimum atomic E-state index is -0.106. The molecule has 0 radical (unpaired) electrons. The lowest BCUT2D eigenvalue weighted by Gasteiger charge is -2.40. The molecule has 2 fully saturated rings. The lowest BCUT2D eigenvalue weighted by Crippen LogP contribution is -2.47. The Hall–Kier alpha value is -1.46. The van der Waals surface area contributed by atoms with Gasteiger partial charge < -0.3 is 9.47 Å². The van der Waals surface area contributed by atoms with Gasteiger partial charge in [0.1, 0.15) is 0 Å². The number of hydrogen-bond acceptors (Lipinski definition) is 5. The highest BCUT2D eigenvalue weighted by Gasteiger charge is 2.43. The zero-order valence-corrected chi connectivity index (χ0v) is 14.6. The van der Waals surface area contributed by atoms with E-state index >= 15 is 0 Å². The zero-order valence-electron chi connectivity index (χ0n) is 14.6. The van der Waals surface area contributed by atoms with Crippen LogP contribution in [0.15, 0.2) is 24.5 Å². The second-order valence-corrected chi connectivity index (χ2v) is 6.97. The first-order chi connectivity index (χ1) is 11.7. The van der Waals surface area contributed by atoms with Crippen molar-refractivity contribution in [3.05, 3.63) is 30.1 Å². The molecule has 0 amide bonds. The molecule has 0 saturated carbocycles. The van der Waals surface area contributed by atoms with Gasteiger partial charge in [0, 0.05) is 31.9 Å². The molecule has 2 aliphatic heterocycles. The van der Waals surface area contributed by atoms with Gasteiger partial charge in [0.15, 0.2) is 0 Å². The van der Waals surface area contributed by atoms with E-state index in [2.05, 4.69) is 22.0 Å². The van der Waals surface area contributed by atoms with Gasteiger partial charge in [-0.1, -0.05) is 0 Å². The highest BCUT2D eigenvalue weighted by atomic mass is 16.5. The summed E-state index contributed by atoms with van der Waals surface area (Å²) in [7, 11) is 0. The van der Waals surface area contributed by atoms with E-state index in [9.17, 15) is 4.79 Å². The minimum Gasteiger partial charge on any atom is -0.466 e. The minimum absolute atomic E-state index is 0.00932. The molecular formula is C19H28N2O3. The fourth-order valence-corrected chi connectivity index (χ4v) is 3.98. The van der Waals surface area contributed by atoms with Crippen molar-refractivity contribution in [2.24, 2.45) is 0 Å². The largest absolute Gasteiger partial charge is 0.466 e. The summed E-state index contributed by atoms with van der Waals surface area (Å²) in [5.74, 6) is -0.106. The molecular weight excluding hydrogens is 304 g/mol. The third-order valence-corrected chi connectivity index (χ3v) is 5.09. The molecule has 1 spiro atoms. The van der Waals surface area contributed by atoms with Crippen LogP contribution in [0.2, 0.25) is 0 Å². The molecule has 5 heteroatoms. The van der Waals surface area contributed by atoms with Gasteiger partial charge in [-0.15, -0.1) is 0 Å². The van der Waals surface area contributed by atoms with Gasteiger partial charge in [0.2, 0.25) is 0 Å². The Morgan fingerprint density at radius 2 is 2.25 bits per heavy atom. The van der Waals surface area contributed by atoms with Crippen LogP contribution in [0.1, 0.15) is 51.0 Å². The molecule has 0 bridgehead atoms. The fourth-order valence-electron chi connectivity index (χ4n) is 3.98. The van der Waals surface area contributed by atoms with Crippen molar-refractivity contribution in [3.63, 3.8) is 0 Å². The number of hydrogen-bond donors (Lipinski definition) is 0. The van der Waals surface area contributed by atoms with E-state index in [-0.39, 0.29) is 17.7 Å². The number of rotatable bonds is 6. The molecule has 0 aromatic carbocycles. The number of carbonyl (C=O) groups excluding carboxylic acids is 1. The van der Waals surface area contributed by atoms with Gasteiger partial charge in [-0.3, -0.25) is 14.7 Å². The monoisotopic (exact) mass is 332 g/mol. The van der Waals surface area contributed by atoms with Gasteiger partial charge in [0.05, 0.1) is 18.3 Å². The summed E-state index contributed by atoms with van der Waals surface area (Å²) in [6.07, 6.45) is 9.64. The Balaban J connectivity index is 1.50. The van der Waals surface area contributed by atoms with Gasteiger partial charge in [-0.05, 0) is 63.3 Å². The summed E-state index contributed by atoms with van der Waals surface area (Å²) in [5, 5.41) is 0. The summed E-state index contributed by atoms with van der Waals surface area (Å²) in [6.45, 7) is 5.38. The smallest absolute Gasteiger partial charge is 0.305 e. The molecule has 2 atom stereocenters. The van der Waals surface area contributed by atoms with E-state index in [1.54, 1.807) is 0 Å². The number of piperidine rings is 1. The number of pyridine rings is 1. The normalized spacial score (nSPS) is 27.5. The zero-order chi connectivity index (χ0) is 16.8. The van der Waals surface area contributed by atoms with E-state index in [4.69, 9.17) is 9.47 Å². The van der Waals surface area contributed by atoms with Crippen LogP contribution in [0.4, 0.5) is 0 Å². The number of ether oxygens (including phenoxy) is 2. The van der Waals surface area contributed by atoms with E-state index in [1.165, 1.54) is 12.0 Å². The lowest BCUT2D eigenvalue weighted by atomic mass is 9.89. The number of nitrogens with zero attached hydrogens (tertiary/aromatic N) is 2. The molecule has 1 aromatic rings. The van der Waals surface area contributed by atoms with Crippen molar-refractivity contribution in [1.82, 2.24) is 9.88 Å². The molecule has 0 unspecified atom stereocenters. The number of esters is 1. The van der Waals surface area contributed by atoms with Crippen molar-refractivity contribution in [1.29, 1.82) is 0 Å². The van der Waals surface area contributed by atoms with Gasteiger partial charge >= 0.3 is 5.97 Å².